The quantitative estimate of drug-likeness (QED) is 0.922. The average molecular weight is 271 g/mol. The molecule has 0 aliphatic carbocycles. The van der Waals surface area contributed by atoms with E-state index < -0.39 is 5.97 Å². The molecule has 0 saturated carbocycles. The van der Waals surface area contributed by atoms with Crippen molar-refractivity contribution in [2.24, 2.45) is 7.05 Å². The molecule has 0 bridgehead atoms. The smallest absolute Gasteiger partial charge is 0.335 e. The minimum atomic E-state index is -0.833. The van der Waals surface area contributed by atoms with Crippen molar-refractivity contribution in [2.75, 3.05) is 6.54 Å². The lowest BCUT2D eigenvalue weighted by atomic mass is 9.94. The van der Waals surface area contributed by atoms with Gasteiger partial charge in [0.15, 0.2) is 0 Å². The number of aryl methyl sites for hydroxylation is 1. The van der Waals surface area contributed by atoms with Crippen molar-refractivity contribution in [3.05, 3.63) is 52.8 Å². The summed E-state index contributed by atoms with van der Waals surface area (Å²) in [6.07, 6.45) is 2.72. The summed E-state index contributed by atoms with van der Waals surface area (Å²) in [4.78, 5) is 13.5. The molecular formula is C15H17N3O2. The molecule has 2 heterocycles. The van der Waals surface area contributed by atoms with Crippen LogP contribution in [0.5, 0.6) is 0 Å². The Bertz CT molecular complexity index is 648. The monoisotopic (exact) mass is 271 g/mol. The van der Waals surface area contributed by atoms with E-state index in [1.807, 2.05) is 31.4 Å². The summed E-state index contributed by atoms with van der Waals surface area (Å²) in [5.74, 6) is -0.833. The highest BCUT2D eigenvalue weighted by Gasteiger charge is 2.21. The minimum absolute atomic E-state index is 0.444. The van der Waals surface area contributed by atoms with Crippen LogP contribution < -0.4 is 0 Å². The summed E-state index contributed by atoms with van der Waals surface area (Å²) in [7, 11) is 1.91. The lowest BCUT2D eigenvalue weighted by molar-refractivity contribution is 0.0694. The molecule has 0 fully saturated rings. The molecule has 5 heteroatoms. The van der Waals surface area contributed by atoms with Crippen LogP contribution in [0.2, 0.25) is 0 Å². The Morgan fingerprint density at radius 1 is 1.40 bits per heavy atom. The zero-order chi connectivity index (χ0) is 14.1. The molecule has 0 amide bonds. The van der Waals surface area contributed by atoms with Crippen LogP contribution >= 0.6 is 0 Å². The third-order valence-corrected chi connectivity index (χ3v) is 3.73. The fourth-order valence-electron chi connectivity index (χ4n) is 2.78. The third kappa shape index (κ3) is 2.44. The van der Waals surface area contributed by atoms with Gasteiger partial charge in [-0.25, -0.2) is 4.79 Å². The Hall–Kier alpha value is -2.14. The molecule has 20 heavy (non-hydrogen) atoms. The lowest BCUT2D eigenvalue weighted by Crippen LogP contribution is -2.31. The number of hydrogen-bond donors (Lipinski definition) is 1. The van der Waals surface area contributed by atoms with E-state index in [-0.39, 0.29) is 0 Å². The van der Waals surface area contributed by atoms with Crippen LogP contribution in [-0.2, 0) is 26.6 Å². The van der Waals surface area contributed by atoms with E-state index in [0.29, 0.717) is 5.56 Å². The first kappa shape index (κ1) is 12.9. The molecule has 5 nitrogen and oxygen atoms in total. The van der Waals surface area contributed by atoms with E-state index >= 15 is 0 Å². The molecule has 1 aliphatic heterocycles. The molecule has 0 unspecified atom stereocenters. The average Bonchev–Trinajstić information content (AvgIpc) is 2.83. The maximum Gasteiger partial charge on any atom is 0.335 e. The zero-order valence-electron chi connectivity index (χ0n) is 11.4. The van der Waals surface area contributed by atoms with Crippen molar-refractivity contribution < 1.29 is 9.90 Å². The topological polar surface area (TPSA) is 58.4 Å². The predicted octanol–water partition coefficient (Wildman–Crippen LogP) is 1.68. The first-order valence-electron chi connectivity index (χ1n) is 6.68. The largest absolute Gasteiger partial charge is 0.478 e. The van der Waals surface area contributed by atoms with Crippen molar-refractivity contribution in [3.8, 4) is 0 Å². The molecule has 104 valence electrons. The Kier molecular flexibility index (Phi) is 3.28. The Morgan fingerprint density at radius 2 is 2.25 bits per heavy atom. The molecule has 1 aliphatic rings. The van der Waals surface area contributed by atoms with E-state index in [1.54, 1.807) is 10.7 Å². The van der Waals surface area contributed by atoms with E-state index in [0.717, 1.165) is 42.9 Å². The molecule has 0 saturated heterocycles. The molecule has 1 N–H and O–H groups in total. The summed E-state index contributed by atoms with van der Waals surface area (Å²) >= 11 is 0. The Morgan fingerprint density at radius 3 is 2.95 bits per heavy atom. The van der Waals surface area contributed by atoms with Crippen molar-refractivity contribution >= 4 is 5.97 Å². The van der Waals surface area contributed by atoms with Gasteiger partial charge in [-0.2, -0.15) is 5.10 Å². The van der Waals surface area contributed by atoms with Crippen molar-refractivity contribution in [1.82, 2.24) is 14.7 Å². The summed E-state index contributed by atoms with van der Waals surface area (Å²) in [5, 5.41) is 13.6. The maximum absolute atomic E-state index is 11.2. The number of benzene rings is 1. The van der Waals surface area contributed by atoms with Gasteiger partial charge in [-0.05, 0) is 29.7 Å². The van der Waals surface area contributed by atoms with Gasteiger partial charge in [-0.15, -0.1) is 0 Å². The fraction of sp³-hybridized carbons (Fsp3) is 0.333. The Balaban J connectivity index is 1.79. The number of rotatable bonds is 3. The van der Waals surface area contributed by atoms with Gasteiger partial charge >= 0.3 is 5.97 Å². The molecule has 2 aromatic rings. The van der Waals surface area contributed by atoms with Crippen molar-refractivity contribution in [3.63, 3.8) is 0 Å². The fourth-order valence-corrected chi connectivity index (χ4v) is 2.78. The number of carbonyl (C=O) groups is 1. The second-order valence-corrected chi connectivity index (χ2v) is 5.19. The number of aromatic carboxylic acids is 1. The summed E-state index contributed by atoms with van der Waals surface area (Å²) in [6, 6.07) is 7.55. The number of aromatic nitrogens is 2. The van der Waals surface area contributed by atoms with Gasteiger partial charge in [-0.3, -0.25) is 9.58 Å². The van der Waals surface area contributed by atoms with Crippen molar-refractivity contribution in [1.29, 1.82) is 0 Å². The van der Waals surface area contributed by atoms with Crippen LogP contribution in [0.3, 0.4) is 0 Å². The second kappa shape index (κ2) is 5.09. The van der Waals surface area contributed by atoms with Crippen molar-refractivity contribution in [2.45, 2.75) is 19.5 Å². The van der Waals surface area contributed by atoms with Gasteiger partial charge in [0.2, 0.25) is 0 Å². The van der Waals surface area contributed by atoms with E-state index in [9.17, 15) is 9.90 Å². The zero-order valence-corrected chi connectivity index (χ0v) is 11.4. The van der Waals surface area contributed by atoms with Gasteiger partial charge in [-0.1, -0.05) is 12.1 Å². The second-order valence-electron chi connectivity index (χ2n) is 5.19. The summed E-state index contributed by atoms with van der Waals surface area (Å²) in [6.45, 7) is 2.46. The van der Waals surface area contributed by atoms with Crippen LogP contribution in [0, 0.1) is 0 Å². The molecule has 1 aromatic carbocycles. The minimum Gasteiger partial charge on any atom is -0.478 e. The molecule has 3 rings (SSSR count). The maximum atomic E-state index is 11.2. The number of hydrogen-bond acceptors (Lipinski definition) is 3. The van der Waals surface area contributed by atoms with Crippen LogP contribution in [-0.4, -0.2) is 32.3 Å². The van der Waals surface area contributed by atoms with Gasteiger partial charge in [0, 0.05) is 32.9 Å². The highest BCUT2D eigenvalue weighted by atomic mass is 16.4. The van der Waals surface area contributed by atoms with Crippen LogP contribution in [0.15, 0.2) is 30.5 Å². The van der Waals surface area contributed by atoms with Gasteiger partial charge in [0.25, 0.3) is 0 Å². The van der Waals surface area contributed by atoms with Crippen LogP contribution in [0.4, 0.5) is 0 Å². The van der Waals surface area contributed by atoms with Crippen LogP contribution in [0.25, 0.3) is 0 Å². The first-order valence-corrected chi connectivity index (χ1v) is 6.68. The molecule has 0 radical (unpaired) electrons. The number of nitrogens with zero attached hydrogens (tertiary/aromatic N) is 3. The SMILES string of the molecule is Cn1ccc(CN2CCc3c(cccc3C(=O)O)C2)n1. The van der Waals surface area contributed by atoms with E-state index in [2.05, 4.69) is 10.00 Å². The Labute approximate surface area is 117 Å². The third-order valence-electron chi connectivity index (χ3n) is 3.73. The summed E-state index contributed by atoms with van der Waals surface area (Å²) < 4.78 is 1.80. The number of fused-ring (bicyclic) bond motifs is 1. The van der Waals surface area contributed by atoms with Crippen LogP contribution in [0.1, 0.15) is 27.2 Å². The normalized spacial score (nSPS) is 15.1. The predicted molar refractivity (Wildman–Crippen MR) is 74.4 cm³/mol. The van der Waals surface area contributed by atoms with Gasteiger partial charge in [0.05, 0.1) is 11.3 Å². The van der Waals surface area contributed by atoms with E-state index in [4.69, 9.17) is 0 Å². The standard InChI is InChI=1S/C15H17N3O2/c1-17-7-5-12(16-17)10-18-8-6-13-11(9-18)3-2-4-14(13)15(19)20/h2-5,7H,6,8-10H2,1H3,(H,19,20). The van der Waals surface area contributed by atoms with Gasteiger partial charge in [0.1, 0.15) is 0 Å². The molecule has 1 aromatic heterocycles. The van der Waals surface area contributed by atoms with Gasteiger partial charge < -0.3 is 5.11 Å². The van der Waals surface area contributed by atoms with E-state index in [1.165, 1.54) is 0 Å². The number of carboxylic acid groups (broad SMARTS) is 1. The first-order chi connectivity index (χ1) is 9.63. The molecule has 0 spiro atoms. The lowest BCUT2D eigenvalue weighted by Gasteiger charge is -2.28. The summed E-state index contributed by atoms with van der Waals surface area (Å²) in [5.41, 5.74) is 3.59. The molecule has 0 atom stereocenters. The highest BCUT2D eigenvalue weighted by molar-refractivity contribution is 5.89. The number of carboxylic acids is 1. The highest BCUT2D eigenvalue weighted by Crippen LogP contribution is 2.23. The molecular weight excluding hydrogens is 254 g/mol.